The van der Waals surface area contributed by atoms with Crippen LogP contribution >= 0.6 is 28.1 Å². The van der Waals surface area contributed by atoms with E-state index in [9.17, 15) is 0 Å². The minimum Gasteiger partial charge on any atom is -0.455 e. The first kappa shape index (κ1) is 13.1. The lowest BCUT2D eigenvalue weighted by molar-refractivity contribution is 0.478. The van der Waals surface area contributed by atoms with E-state index in [0.717, 1.165) is 21.3 Å². The van der Waals surface area contributed by atoms with E-state index < -0.39 is 0 Å². The highest BCUT2D eigenvalue weighted by Crippen LogP contribution is 2.31. The SMILES string of the molecule is Cc1ccc(Oc2ccccc2Br)c(C(N)=S)c1. The van der Waals surface area contributed by atoms with Gasteiger partial charge in [0.05, 0.1) is 10.0 Å². The highest BCUT2D eigenvalue weighted by molar-refractivity contribution is 9.10. The number of nitrogens with two attached hydrogens (primary N) is 1. The van der Waals surface area contributed by atoms with Gasteiger partial charge >= 0.3 is 0 Å². The number of ether oxygens (including phenoxy) is 1. The van der Waals surface area contributed by atoms with E-state index in [2.05, 4.69) is 15.9 Å². The Hall–Kier alpha value is -1.39. The van der Waals surface area contributed by atoms with E-state index in [1.165, 1.54) is 0 Å². The van der Waals surface area contributed by atoms with Crippen LogP contribution in [0.4, 0.5) is 0 Å². The summed E-state index contributed by atoms with van der Waals surface area (Å²) >= 11 is 8.49. The van der Waals surface area contributed by atoms with E-state index in [1.807, 2.05) is 49.4 Å². The Morgan fingerprint density at radius 1 is 1.17 bits per heavy atom. The summed E-state index contributed by atoms with van der Waals surface area (Å²) in [7, 11) is 0. The normalized spacial score (nSPS) is 10.1. The fourth-order valence-corrected chi connectivity index (χ4v) is 2.10. The van der Waals surface area contributed by atoms with Crippen LogP contribution in [0, 0.1) is 6.92 Å². The lowest BCUT2D eigenvalue weighted by Crippen LogP contribution is -2.11. The molecule has 2 rings (SSSR count). The number of rotatable bonds is 3. The monoisotopic (exact) mass is 321 g/mol. The summed E-state index contributed by atoms with van der Waals surface area (Å²) < 4.78 is 6.73. The molecule has 2 N–H and O–H groups in total. The Morgan fingerprint density at radius 2 is 1.89 bits per heavy atom. The van der Waals surface area contributed by atoms with Gasteiger partial charge in [-0.25, -0.2) is 0 Å². The lowest BCUT2D eigenvalue weighted by Gasteiger charge is -2.12. The van der Waals surface area contributed by atoms with E-state index in [4.69, 9.17) is 22.7 Å². The Labute approximate surface area is 120 Å². The molecule has 0 radical (unpaired) electrons. The van der Waals surface area contributed by atoms with Crippen molar-refractivity contribution in [2.45, 2.75) is 6.92 Å². The topological polar surface area (TPSA) is 35.2 Å². The number of para-hydroxylation sites is 1. The summed E-state index contributed by atoms with van der Waals surface area (Å²) in [6.45, 7) is 1.99. The van der Waals surface area contributed by atoms with Crippen molar-refractivity contribution in [3.05, 3.63) is 58.1 Å². The molecule has 0 aliphatic rings. The largest absolute Gasteiger partial charge is 0.455 e. The third-order valence-corrected chi connectivity index (χ3v) is 3.33. The Kier molecular flexibility index (Phi) is 3.99. The second-order valence-electron chi connectivity index (χ2n) is 3.90. The molecule has 0 heterocycles. The summed E-state index contributed by atoms with van der Waals surface area (Å²) in [5.74, 6) is 1.40. The van der Waals surface area contributed by atoms with Crippen molar-refractivity contribution in [1.29, 1.82) is 0 Å². The van der Waals surface area contributed by atoms with Crippen LogP contribution in [0.1, 0.15) is 11.1 Å². The van der Waals surface area contributed by atoms with Gasteiger partial charge in [-0.3, -0.25) is 0 Å². The van der Waals surface area contributed by atoms with Gasteiger partial charge in [0.15, 0.2) is 0 Å². The Bertz CT molecular complexity index is 598. The van der Waals surface area contributed by atoms with Crippen molar-refractivity contribution < 1.29 is 4.74 Å². The molecular weight excluding hydrogens is 310 g/mol. The van der Waals surface area contributed by atoms with Crippen molar-refractivity contribution in [2.24, 2.45) is 5.73 Å². The number of hydrogen-bond acceptors (Lipinski definition) is 2. The summed E-state index contributed by atoms with van der Waals surface area (Å²) in [5.41, 5.74) is 7.56. The number of benzene rings is 2. The van der Waals surface area contributed by atoms with Gasteiger partial charge in [-0.1, -0.05) is 36.0 Å². The molecule has 0 saturated carbocycles. The van der Waals surface area contributed by atoms with Gasteiger partial charge < -0.3 is 10.5 Å². The molecule has 0 saturated heterocycles. The first-order chi connectivity index (χ1) is 8.58. The summed E-state index contributed by atoms with van der Waals surface area (Å²) in [6, 6.07) is 13.4. The minimum atomic E-state index is 0.334. The molecule has 92 valence electrons. The standard InChI is InChI=1S/C14H12BrNOS/c1-9-6-7-12(10(8-9)14(16)18)17-13-5-3-2-4-11(13)15/h2-8H,1H3,(H2,16,18). The summed E-state index contributed by atoms with van der Waals surface area (Å²) in [4.78, 5) is 0.334. The lowest BCUT2D eigenvalue weighted by atomic mass is 10.1. The van der Waals surface area contributed by atoms with Crippen molar-refractivity contribution in [3.63, 3.8) is 0 Å². The van der Waals surface area contributed by atoms with Gasteiger partial charge in [0.1, 0.15) is 16.5 Å². The third kappa shape index (κ3) is 2.89. The molecule has 0 amide bonds. The second-order valence-corrected chi connectivity index (χ2v) is 5.19. The quantitative estimate of drug-likeness (QED) is 0.861. The van der Waals surface area contributed by atoms with Gasteiger partial charge in [-0.05, 0) is 47.1 Å². The maximum absolute atomic E-state index is 5.84. The number of halogens is 1. The molecule has 0 bridgehead atoms. The summed E-state index contributed by atoms with van der Waals surface area (Å²) in [5, 5.41) is 0. The van der Waals surface area contributed by atoms with Crippen molar-refractivity contribution in [2.75, 3.05) is 0 Å². The van der Waals surface area contributed by atoms with E-state index in [1.54, 1.807) is 0 Å². The predicted octanol–water partition coefficient (Wildman–Crippen LogP) is 4.18. The zero-order valence-electron chi connectivity index (χ0n) is 9.81. The van der Waals surface area contributed by atoms with Crippen LogP contribution in [0.25, 0.3) is 0 Å². The smallest absolute Gasteiger partial charge is 0.141 e. The highest BCUT2D eigenvalue weighted by Gasteiger charge is 2.09. The van der Waals surface area contributed by atoms with Gasteiger partial charge in [0.25, 0.3) is 0 Å². The molecule has 0 aliphatic heterocycles. The zero-order chi connectivity index (χ0) is 13.1. The predicted molar refractivity (Wildman–Crippen MR) is 81.3 cm³/mol. The molecule has 0 aromatic heterocycles. The summed E-state index contributed by atoms with van der Waals surface area (Å²) in [6.07, 6.45) is 0. The first-order valence-corrected chi connectivity index (χ1v) is 6.61. The second kappa shape index (κ2) is 5.50. The average Bonchev–Trinajstić information content (AvgIpc) is 2.34. The molecule has 0 atom stereocenters. The molecule has 2 aromatic carbocycles. The van der Waals surface area contributed by atoms with Crippen LogP contribution < -0.4 is 10.5 Å². The highest BCUT2D eigenvalue weighted by atomic mass is 79.9. The van der Waals surface area contributed by atoms with Crippen LogP contribution in [0.5, 0.6) is 11.5 Å². The number of aryl methyl sites for hydroxylation is 1. The van der Waals surface area contributed by atoms with E-state index >= 15 is 0 Å². The molecular formula is C14H12BrNOS. The van der Waals surface area contributed by atoms with Crippen LogP contribution in [0.3, 0.4) is 0 Å². The van der Waals surface area contributed by atoms with Crippen molar-refractivity contribution in [3.8, 4) is 11.5 Å². The molecule has 4 heteroatoms. The van der Waals surface area contributed by atoms with Crippen LogP contribution in [0.2, 0.25) is 0 Å². The molecule has 2 nitrogen and oxygen atoms in total. The molecule has 2 aromatic rings. The first-order valence-electron chi connectivity index (χ1n) is 5.41. The Balaban J connectivity index is 2.41. The molecule has 0 unspecified atom stereocenters. The van der Waals surface area contributed by atoms with Crippen LogP contribution in [-0.2, 0) is 0 Å². The Morgan fingerprint density at radius 3 is 2.56 bits per heavy atom. The molecule has 0 fully saturated rings. The average molecular weight is 322 g/mol. The van der Waals surface area contributed by atoms with Gasteiger partial charge in [-0.15, -0.1) is 0 Å². The fourth-order valence-electron chi connectivity index (χ4n) is 1.57. The maximum Gasteiger partial charge on any atom is 0.141 e. The third-order valence-electron chi connectivity index (χ3n) is 2.46. The van der Waals surface area contributed by atoms with Crippen LogP contribution in [0.15, 0.2) is 46.9 Å². The number of hydrogen-bond donors (Lipinski definition) is 1. The fraction of sp³-hybridized carbons (Fsp3) is 0.0714. The van der Waals surface area contributed by atoms with Gasteiger partial charge in [-0.2, -0.15) is 0 Å². The number of thiocarbonyl (C=S) groups is 1. The van der Waals surface area contributed by atoms with Gasteiger partial charge in [0.2, 0.25) is 0 Å². The molecule has 0 spiro atoms. The van der Waals surface area contributed by atoms with E-state index in [0.29, 0.717) is 10.7 Å². The van der Waals surface area contributed by atoms with E-state index in [-0.39, 0.29) is 0 Å². The molecule has 18 heavy (non-hydrogen) atoms. The van der Waals surface area contributed by atoms with Crippen molar-refractivity contribution in [1.82, 2.24) is 0 Å². The maximum atomic E-state index is 5.84. The zero-order valence-corrected chi connectivity index (χ0v) is 12.2. The van der Waals surface area contributed by atoms with Crippen molar-refractivity contribution >= 4 is 33.1 Å². The van der Waals surface area contributed by atoms with Crippen LogP contribution in [-0.4, -0.2) is 4.99 Å². The van der Waals surface area contributed by atoms with Gasteiger partial charge in [0, 0.05) is 0 Å². The minimum absolute atomic E-state index is 0.334. The molecule has 0 aliphatic carbocycles.